The van der Waals surface area contributed by atoms with Crippen LogP contribution in [0.25, 0.3) is 22.0 Å². The number of aromatic nitrogens is 2. The highest BCUT2D eigenvalue weighted by atomic mass is 16.7. The quantitative estimate of drug-likeness (QED) is 0.611. The fourth-order valence-electron chi connectivity index (χ4n) is 3.50. The lowest BCUT2D eigenvalue weighted by Gasteiger charge is -2.32. The van der Waals surface area contributed by atoms with E-state index in [4.69, 9.17) is 19.8 Å². The Labute approximate surface area is 182 Å². The lowest BCUT2D eigenvalue weighted by molar-refractivity contribution is 0.00578. The van der Waals surface area contributed by atoms with Gasteiger partial charge in [0, 0.05) is 10.9 Å². The van der Waals surface area contributed by atoms with Crippen molar-refractivity contribution in [1.82, 2.24) is 10.2 Å². The minimum atomic E-state index is -0.496. The summed E-state index contributed by atoms with van der Waals surface area (Å²) in [6.45, 7) is 9.85. The van der Waals surface area contributed by atoms with E-state index < -0.39 is 18.3 Å². The Hall–Kier alpha value is -2.68. The molecule has 1 unspecified atom stereocenters. The molecule has 1 saturated heterocycles. The molecule has 0 amide bonds. The van der Waals surface area contributed by atoms with Crippen LogP contribution in [0.15, 0.2) is 42.6 Å². The summed E-state index contributed by atoms with van der Waals surface area (Å²) < 4.78 is 18.4. The summed E-state index contributed by atoms with van der Waals surface area (Å²) in [5.41, 5.74) is 9.05. The van der Waals surface area contributed by atoms with Crippen LogP contribution in [0.2, 0.25) is 0 Å². The summed E-state index contributed by atoms with van der Waals surface area (Å²) in [5, 5.41) is 18.5. The smallest absolute Gasteiger partial charge is 0.488 e. The molecule has 0 aliphatic carbocycles. The van der Waals surface area contributed by atoms with E-state index >= 15 is 0 Å². The standard InChI is InChI=1S/C23H28BN3O4/c1-14(13-28)29-21-9-7-16(24-30-22(2,3)23(4,5)31-24)11-18(21)15-6-8-17-19(25)12-26-27-20(17)10-15/h6-12,14,28H,13H2,1-5H3,(H2,25,27). The first kappa shape index (κ1) is 21.6. The molecule has 4 rings (SSSR count). The molecule has 31 heavy (non-hydrogen) atoms. The molecule has 1 aliphatic rings. The van der Waals surface area contributed by atoms with Crippen LogP contribution >= 0.6 is 0 Å². The predicted molar refractivity (Wildman–Crippen MR) is 122 cm³/mol. The lowest BCUT2D eigenvalue weighted by atomic mass is 9.77. The zero-order valence-corrected chi connectivity index (χ0v) is 18.5. The van der Waals surface area contributed by atoms with Gasteiger partial charge in [-0.2, -0.15) is 10.2 Å². The maximum Gasteiger partial charge on any atom is 0.494 e. The third kappa shape index (κ3) is 3.98. The molecular formula is C23H28BN3O4. The number of benzene rings is 2. The molecular weight excluding hydrogens is 393 g/mol. The van der Waals surface area contributed by atoms with E-state index in [0.717, 1.165) is 22.0 Å². The minimum absolute atomic E-state index is 0.0852. The topological polar surface area (TPSA) is 99.7 Å². The number of fused-ring (bicyclic) bond motifs is 1. The summed E-state index contributed by atoms with van der Waals surface area (Å²) in [6.07, 6.45) is 1.19. The largest absolute Gasteiger partial charge is 0.494 e. The number of aliphatic hydroxyl groups excluding tert-OH is 1. The van der Waals surface area contributed by atoms with Crippen molar-refractivity contribution >= 4 is 29.2 Å². The van der Waals surface area contributed by atoms with Crippen LogP contribution in [0, 0.1) is 0 Å². The average molecular weight is 421 g/mol. The number of rotatable bonds is 5. The van der Waals surface area contributed by atoms with Crippen molar-refractivity contribution in [3.63, 3.8) is 0 Å². The molecule has 3 aromatic rings. The Kier molecular flexibility index (Phi) is 5.41. The van der Waals surface area contributed by atoms with Crippen LogP contribution in [-0.2, 0) is 9.31 Å². The highest BCUT2D eigenvalue weighted by Crippen LogP contribution is 2.38. The predicted octanol–water partition coefficient (Wildman–Crippen LogP) is 2.94. The molecule has 0 spiro atoms. The van der Waals surface area contributed by atoms with Gasteiger partial charge in [0.05, 0.1) is 35.2 Å². The Morgan fingerprint density at radius 3 is 2.48 bits per heavy atom. The van der Waals surface area contributed by atoms with Crippen LogP contribution in [0.5, 0.6) is 5.75 Å². The van der Waals surface area contributed by atoms with Gasteiger partial charge in [0.15, 0.2) is 0 Å². The van der Waals surface area contributed by atoms with E-state index in [1.807, 2.05) is 71.0 Å². The molecule has 1 aromatic heterocycles. The molecule has 8 heteroatoms. The fourth-order valence-corrected chi connectivity index (χ4v) is 3.50. The molecule has 1 aliphatic heterocycles. The molecule has 2 aromatic carbocycles. The van der Waals surface area contributed by atoms with Crippen molar-refractivity contribution in [1.29, 1.82) is 0 Å². The van der Waals surface area contributed by atoms with Crippen LogP contribution in [0.3, 0.4) is 0 Å². The van der Waals surface area contributed by atoms with Gasteiger partial charge in [-0.25, -0.2) is 0 Å². The number of anilines is 1. The summed E-state index contributed by atoms with van der Waals surface area (Å²) >= 11 is 0. The van der Waals surface area contributed by atoms with E-state index in [-0.39, 0.29) is 12.7 Å². The lowest BCUT2D eigenvalue weighted by Crippen LogP contribution is -2.41. The molecule has 1 atom stereocenters. The van der Waals surface area contributed by atoms with Gasteiger partial charge in [-0.05, 0) is 63.8 Å². The molecule has 0 radical (unpaired) electrons. The zero-order chi connectivity index (χ0) is 22.4. The van der Waals surface area contributed by atoms with Crippen LogP contribution in [0.4, 0.5) is 5.69 Å². The third-order valence-corrected chi connectivity index (χ3v) is 6.10. The summed E-state index contributed by atoms with van der Waals surface area (Å²) in [7, 11) is -0.496. The van der Waals surface area contributed by atoms with Crippen molar-refractivity contribution in [2.24, 2.45) is 0 Å². The highest BCUT2D eigenvalue weighted by Gasteiger charge is 2.51. The number of hydrogen-bond donors (Lipinski definition) is 2. The van der Waals surface area contributed by atoms with E-state index in [9.17, 15) is 5.11 Å². The summed E-state index contributed by atoms with van der Waals surface area (Å²) in [4.78, 5) is 0. The number of nitrogen functional groups attached to an aromatic ring is 1. The second kappa shape index (κ2) is 7.78. The Morgan fingerprint density at radius 1 is 1.10 bits per heavy atom. The van der Waals surface area contributed by atoms with Gasteiger partial charge in [0.2, 0.25) is 0 Å². The molecule has 3 N–H and O–H groups in total. The van der Waals surface area contributed by atoms with E-state index in [1.165, 1.54) is 0 Å². The van der Waals surface area contributed by atoms with Crippen molar-refractivity contribution in [2.75, 3.05) is 12.3 Å². The minimum Gasteiger partial charge on any atom is -0.488 e. The van der Waals surface area contributed by atoms with Gasteiger partial charge < -0.3 is 24.9 Å². The first-order chi connectivity index (χ1) is 14.6. The van der Waals surface area contributed by atoms with Gasteiger partial charge in [0.1, 0.15) is 11.9 Å². The molecule has 1 fully saturated rings. The van der Waals surface area contributed by atoms with Crippen LogP contribution in [-0.4, -0.2) is 46.3 Å². The SMILES string of the molecule is CC(CO)Oc1ccc(B2OC(C)(C)C(C)(C)O2)cc1-c1ccc2c(N)cnnc2c1. The number of aliphatic hydroxyl groups is 1. The molecule has 7 nitrogen and oxygen atoms in total. The Bertz CT molecular complexity index is 1100. The molecule has 0 bridgehead atoms. The first-order valence-corrected chi connectivity index (χ1v) is 10.4. The highest BCUT2D eigenvalue weighted by molar-refractivity contribution is 6.62. The van der Waals surface area contributed by atoms with Crippen molar-refractivity contribution < 1.29 is 19.2 Å². The van der Waals surface area contributed by atoms with Gasteiger partial charge in [0.25, 0.3) is 0 Å². The van der Waals surface area contributed by atoms with Crippen LogP contribution < -0.4 is 15.9 Å². The van der Waals surface area contributed by atoms with E-state index in [2.05, 4.69) is 10.2 Å². The average Bonchev–Trinajstić information content (AvgIpc) is 2.95. The first-order valence-electron chi connectivity index (χ1n) is 10.4. The number of nitrogens with zero attached hydrogens (tertiary/aromatic N) is 2. The molecule has 162 valence electrons. The Morgan fingerprint density at radius 2 is 1.81 bits per heavy atom. The van der Waals surface area contributed by atoms with Gasteiger partial charge in [-0.1, -0.05) is 18.2 Å². The second-order valence-electron chi connectivity index (χ2n) is 8.99. The normalized spacial score (nSPS) is 18.3. The maximum absolute atomic E-state index is 9.47. The second-order valence-corrected chi connectivity index (χ2v) is 8.99. The number of nitrogens with two attached hydrogens (primary N) is 1. The van der Waals surface area contributed by atoms with Gasteiger partial charge in [-0.3, -0.25) is 0 Å². The molecule has 0 saturated carbocycles. The summed E-state index contributed by atoms with van der Waals surface area (Å²) in [5.74, 6) is 0.651. The van der Waals surface area contributed by atoms with Gasteiger partial charge in [-0.15, -0.1) is 0 Å². The number of ether oxygens (including phenoxy) is 1. The summed E-state index contributed by atoms with van der Waals surface area (Å²) in [6, 6.07) is 11.7. The number of hydrogen-bond acceptors (Lipinski definition) is 7. The van der Waals surface area contributed by atoms with Gasteiger partial charge >= 0.3 is 7.12 Å². The Balaban J connectivity index is 1.80. The van der Waals surface area contributed by atoms with Crippen molar-refractivity contribution in [3.8, 4) is 16.9 Å². The molecule has 2 heterocycles. The van der Waals surface area contributed by atoms with Crippen LogP contribution in [0.1, 0.15) is 34.6 Å². The van der Waals surface area contributed by atoms with E-state index in [0.29, 0.717) is 17.0 Å². The maximum atomic E-state index is 9.47. The third-order valence-electron chi connectivity index (χ3n) is 6.10. The fraction of sp³-hybridized carbons (Fsp3) is 0.391. The monoisotopic (exact) mass is 421 g/mol. The van der Waals surface area contributed by atoms with Crippen molar-refractivity contribution in [3.05, 3.63) is 42.6 Å². The zero-order valence-electron chi connectivity index (χ0n) is 18.5. The van der Waals surface area contributed by atoms with E-state index in [1.54, 1.807) is 6.20 Å². The van der Waals surface area contributed by atoms with Crippen molar-refractivity contribution in [2.45, 2.75) is 51.9 Å².